The van der Waals surface area contributed by atoms with Crippen molar-refractivity contribution in [1.29, 1.82) is 0 Å². The molecule has 9 nitrogen and oxygen atoms in total. The van der Waals surface area contributed by atoms with Gasteiger partial charge >= 0.3 is 11.9 Å². The Morgan fingerprint density at radius 1 is 1.17 bits per heavy atom. The number of hydrogen-bond donors (Lipinski definition) is 2. The van der Waals surface area contributed by atoms with Gasteiger partial charge in [-0.3, -0.25) is 9.59 Å². The number of nitrogens with zero attached hydrogens (tertiary/aromatic N) is 1. The molecule has 0 aromatic rings. The Bertz CT molecular complexity index is 623. The van der Waals surface area contributed by atoms with E-state index in [0.717, 1.165) is 17.9 Å². The maximum Gasteiger partial charge on any atom is 0.341 e. The van der Waals surface area contributed by atoms with Gasteiger partial charge in [0.25, 0.3) is 0 Å². The Morgan fingerprint density at radius 3 is 2.27 bits per heavy atom. The molecule has 2 amide bonds. The summed E-state index contributed by atoms with van der Waals surface area (Å²) in [6, 6.07) is -2.76. The maximum absolute atomic E-state index is 13.2. The summed E-state index contributed by atoms with van der Waals surface area (Å²) in [5.41, 5.74) is -0.842. The zero-order valence-electron chi connectivity index (χ0n) is 19.2. The second kappa shape index (κ2) is 11.3. The number of carbonyl (C=O) groups excluding carboxylic acids is 4. The maximum atomic E-state index is 13.2. The highest BCUT2D eigenvalue weighted by molar-refractivity contribution is 6.03. The van der Waals surface area contributed by atoms with Crippen molar-refractivity contribution >= 4 is 23.8 Å². The fourth-order valence-corrected chi connectivity index (χ4v) is 3.24. The molecule has 1 aliphatic heterocycles. The van der Waals surface area contributed by atoms with E-state index in [9.17, 15) is 19.2 Å². The predicted octanol–water partition coefficient (Wildman–Crippen LogP) is 1.00. The molecule has 1 aliphatic rings. The molecule has 172 valence electrons. The van der Waals surface area contributed by atoms with E-state index in [1.807, 2.05) is 13.8 Å². The minimum Gasteiger partial charge on any atom is -0.464 e. The van der Waals surface area contributed by atoms with Crippen LogP contribution in [0.2, 0.25) is 0 Å². The minimum atomic E-state index is -1.55. The summed E-state index contributed by atoms with van der Waals surface area (Å²) in [4.78, 5) is 52.0. The highest BCUT2D eigenvalue weighted by Gasteiger charge is 2.41. The summed E-state index contributed by atoms with van der Waals surface area (Å²) in [6.07, 6.45) is 1.96. The van der Waals surface area contributed by atoms with Gasteiger partial charge in [-0.05, 0) is 59.4 Å². The number of carbonyl (C=O) groups is 4. The second-order valence-corrected chi connectivity index (χ2v) is 8.98. The molecular weight excluding hydrogens is 390 g/mol. The second-order valence-electron chi connectivity index (χ2n) is 8.98. The van der Waals surface area contributed by atoms with Crippen molar-refractivity contribution in [3.8, 4) is 0 Å². The average Bonchev–Trinajstić information content (AvgIpc) is 3.13. The van der Waals surface area contributed by atoms with Crippen LogP contribution in [0.3, 0.4) is 0 Å². The molecule has 0 spiro atoms. The number of ether oxygens (including phenoxy) is 2. The van der Waals surface area contributed by atoms with Gasteiger partial charge in [-0.1, -0.05) is 13.8 Å². The first-order chi connectivity index (χ1) is 13.9. The third-order valence-electron chi connectivity index (χ3n) is 4.57. The fourth-order valence-electron chi connectivity index (χ4n) is 3.24. The van der Waals surface area contributed by atoms with E-state index < -0.39 is 35.5 Å². The number of rotatable bonds is 9. The van der Waals surface area contributed by atoms with Crippen molar-refractivity contribution in [2.75, 3.05) is 20.2 Å². The quantitative estimate of drug-likeness (QED) is 0.417. The largest absolute Gasteiger partial charge is 0.464 e. The lowest BCUT2D eigenvalue weighted by atomic mass is 10.0. The van der Waals surface area contributed by atoms with Crippen LogP contribution in [-0.2, 0) is 28.7 Å². The number of amides is 2. The van der Waals surface area contributed by atoms with Crippen LogP contribution >= 0.6 is 0 Å². The molecule has 0 aliphatic carbocycles. The third-order valence-corrected chi connectivity index (χ3v) is 4.57. The molecule has 1 saturated heterocycles. The lowest BCUT2D eigenvalue weighted by Gasteiger charge is -2.31. The molecule has 1 fully saturated rings. The lowest BCUT2D eigenvalue weighted by Crippen LogP contribution is -2.57. The average molecular weight is 428 g/mol. The Labute approximate surface area is 179 Å². The normalized spacial score (nSPS) is 18.5. The summed E-state index contributed by atoms with van der Waals surface area (Å²) < 4.78 is 10.3. The highest BCUT2D eigenvalue weighted by atomic mass is 16.6. The van der Waals surface area contributed by atoms with Gasteiger partial charge in [-0.25, -0.2) is 9.59 Å². The predicted molar refractivity (Wildman–Crippen MR) is 111 cm³/mol. The molecule has 30 heavy (non-hydrogen) atoms. The van der Waals surface area contributed by atoms with E-state index >= 15 is 0 Å². The van der Waals surface area contributed by atoms with Crippen LogP contribution in [0.15, 0.2) is 0 Å². The van der Waals surface area contributed by atoms with Crippen molar-refractivity contribution in [1.82, 2.24) is 15.5 Å². The van der Waals surface area contributed by atoms with Crippen LogP contribution < -0.4 is 10.6 Å². The first-order valence-electron chi connectivity index (χ1n) is 10.6. The molecule has 3 atom stereocenters. The summed E-state index contributed by atoms with van der Waals surface area (Å²) in [7, 11) is 1.35. The summed E-state index contributed by atoms with van der Waals surface area (Å²) in [5.74, 6) is -2.44. The van der Waals surface area contributed by atoms with Crippen LogP contribution in [-0.4, -0.2) is 72.6 Å². The van der Waals surface area contributed by atoms with E-state index in [1.165, 1.54) is 7.05 Å². The molecule has 0 aromatic carbocycles. The van der Waals surface area contributed by atoms with E-state index in [4.69, 9.17) is 9.47 Å². The number of hydrogen-bond acceptors (Lipinski definition) is 7. The Balaban J connectivity index is 3.06. The highest BCUT2D eigenvalue weighted by Crippen LogP contribution is 2.16. The summed E-state index contributed by atoms with van der Waals surface area (Å²) >= 11 is 0. The molecule has 1 heterocycles. The van der Waals surface area contributed by atoms with Crippen molar-refractivity contribution in [2.24, 2.45) is 5.92 Å². The van der Waals surface area contributed by atoms with Crippen molar-refractivity contribution in [3.63, 3.8) is 0 Å². The SMILES string of the molecule is CCOC(=O)[C@H](C(=O)OC(C)(C)C)N(C)C(=O)[C@H](CC(C)C)NC(=O)[C@@H]1CCCN1. The van der Waals surface area contributed by atoms with E-state index in [1.54, 1.807) is 27.7 Å². The first kappa shape index (κ1) is 25.9. The van der Waals surface area contributed by atoms with Gasteiger partial charge in [0.1, 0.15) is 11.6 Å². The van der Waals surface area contributed by atoms with Crippen LogP contribution in [0.1, 0.15) is 60.8 Å². The van der Waals surface area contributed by atoms with E-state index in [0.29, 0.717) is 12.8 Å². The summed E-state index contributed by atoms with van der Waals surface area (Å²) in [5, 5.41) is 5.89. The minimum absolute atomic E-state index is 0.0552. The van der Waals surface area contributed by atoms with Crippen LogP contribution in [0.25, 0.3) is 0 Å². The molecule has 1 rings (SSSR count). The van der Waals surface area contributed by atoms with Gasteiger partial charge < -0.3 is 25.0 Å². The Hall–Kier alpha value is -2.16. The fraction of sp³-hybridized carbons (Fsp3) is 0.810. The van der Waals surface area contributed by atoms with Crippen LogP contribution in [0, 0.1) is 5.92 Å². The van der Waals surface area contributed by atoms with E-state index in [2.05, 4.69) is 10.6 Å². The number of nitrogens with one attached hydrogen (secondary N) is 2. The number of likely N-dealkylation sites (N-methyl/N-ethyl adjacent to an activating group) is 1. The van der Waals surface area contributed by atoms with Gasteiger partial charge in [-0.2, -0.15) is 0 Å². The standard InChI is InChI=1S/C21H37N3O6/c1-8-29-19(27)16(20(28)30-21(4,5)6)24(7)18(26)15(12-13(2)3)23-17(25)14-10-9-11-22-14/h13-16,22H,8-12H2,1-7H3,(H,23,25)/t14-,15-,16+/m0/s1. The topological polar surface area (TPSA) is 114 Å². The molecule has 0 bridgehead atoms. The van der Waals surface area contributed by atoms with Gasteiger partial charge in [-0.15, -0.1) is 0 Å². The summed E-state index contributed by atoms with van der Waals surface area (Å²) in [6.45, 7) is 11.3. The Kier molecular flexibility index (Phi) is 9.74. The smallest absolute Gasteiger partial charge is 0.341 e. The van der Waals surface area contributed by atoms with Gasteiger partial charge in [0.05, 0.1) is 12.6 Å². The van der Waals surface area contributed by atoms with Crippen LogP contribution in [0.5, 0.6) is 0 Å². The molecule has 0 aromatic heterocycles. The first-order valence-corrected chi connectivity index (χ1v) is 10.6. The van der Waals surface area contributed by atoms with Crippen molar-refractivity contribution in [2.45, 2.75) is 84.5 Å². The Morgan fingerprint density at radius 2 is 1.80 bits per heavy atom. The zero-order chi connectivity index (χ0) is 23.1. The monoisotopic (exact) mass is 427 g/mol. The molecule has 9 heteroatoms. The van der Waals surface area contributed by atoms with Gasteiger partial charge in [0.15, 0.2) is 0 Å². The van der Waals surface area contributed by atoms with Gasteiger partial charge in [0.2, 0.25) is 17.9 Å². The van der Waals surface area contributed by atoms with E-state index in [-0.39, 0.29) is 24.5 Å². The molecule has 0 radical (unpaired) electrons. The number of esters is 2. The van der Waals surface area contributed by atoms with Crippen molar-refractivity contribution < 1.29 is 28.7 Å². The molecule has 2 N–H and O–H groups in total. The third kappa shape index (κ3) is 7.93. The molecular formula is C21H37N3O6. The van der Waals surface area contributed by atoms with Crippen molar-refractivity contribution in [3.05, 3.63) is 0 Å². The molecule has 0 saturated carbocycles. The van der Waals surface area contributed by atoms with Crippen LogP contribution in [0.4, 0.5) is 0 Å². The molecule has 0 unspecified atom stereocenters. The zero-order valence-corrected chi connectivity index (χ0v) is 19.2. The van der Waals surface area contributed by atoms with Gasteiger partial charge in [0, 0.05) is 7.05 Å². The lowest BCUT2D eigenvalue weighted by molar-refractivity contribution is -0.173.